The van der Waals surface area contributed by atoms with Crippen LogP contribution in [0.5, 0.6) is 11.5 Å². The number of unbranched alkanes of at least 4 members (excludes halogenated alkanes) is 6. The summed E-state index contributed by atoms with van der Waals surface area (Å²) in [6.07, 6.45) is 11.4. The number of methoxy groups -OCH3 is 1. The van der Waals surface area contributed by atoms with Crippen LogP contribution in [0.25, 0.3) is 0 Å². The molecule has 8 heteroatoms. The molecule has 0 spiro atoms. The number of aromatic nitrogens is 3. The van der Waals surface area contributed by atoms with Crippen LogP contribution in [0.1, 0.15) is 57.4 Å². The molecule has 1 heterocycles. The van der Waals surface area contributed by atoms with Gasteiger partial charge in [-0.2, -0.15) is 5.10 Å². The zero-order valence-corrected chi connectivity index (χ0v) is 16.6. The molecule has 0 atom stereocenters. The van der Waals surface area contributed by atoms with Gasteiger partial charge in [0.1, 0.15) is 6.20 Å². The molecule has 28 heavy (non-hydrogen) atoms. The molecular weight excluding hydrogens is 358 g/mol. The van der Waals surface area contributed by atoms with Gasteiger partial charge in [-0.15, -0.1) is 10.2 Å². The highest BCUT2D eigenvalue weighted by Crippen LogP contribution is 2.27. The van der Waals surface area contributed by atoms with Crippen LogP contribution in [0.4, 0.5) is 5.95 Å². The molecule has 0 bridgehead atoms. The second-order valence-corrected chi connectivity index (χ2v) is 6.43. The zero-order chi connectivity index (χ0) is 20.0. The Kier molecular flexibility index (Phi) is 9.54. The lowest BCUT2D eigenvalue weighted by atomic mass is 10.1. The summed E-state index contributed by atoms with van der Waals surface area (Å²) in [5.74, 6) is 1.54. The molecule has 0 amide bonds. The lowest BCUT2D eigenvalue weighted by Crippen LogP contribution is -2.10. The summed E-state index contributed by atoms with van der Waals surface area (Å²) in [6, 6.07) is 5.59. The first-order valence-electron chi connectivity index (χ1n) is 9.75. The Morgan fingerprint density at radius 2 is 1.93 bits per heavy atom. The number of benzene rings is 1. The van der Waals surface area contributed by atoms with E-state index in [9.17, 15) is 4.79 Å². The van der Waals surface area contributed by atoms with Crippen molar-refractivity contribution in [3.8, 4) is 11.5 Å². The van der Waals surface area contributed by atoms with E-state index < -0.39 is 0 Å². The van der Waals surface area contributed by atoms with Crippen molar-refractivity contribution >= 4 is 12.2 Å². The highest BCUT2D eigenvalue weighted by atomic mass is 16.5. The van der Waals surface area contributed by atoms with Gasteiger partial charge >= 0.3 is 0 Å². The smallest absolute Gasteiger partial charge is 0.271 e. The number of hydrogen-bond acceptors (Lipinski definition) is 7. The largest absolute Gasteiger partial charge is 0.493 e. The minimum Gasteiger partial charge on any atom is -0.493 e. The van der Waals surface area contributed by atoms with Crippen LogP contribution >= 0.6 is 0 Å². The van der Waals surface area contributed by atoms with E-state index in [1.807, 2.05) is 18.2 Å². The number of anilines is 1. The molecule has 0 aliphatic carbocycles. The number of aromatic amines is 1. The van der Waals surface area contributed by atoms with Gasteiger partial charge in [-0.05, 0) is 30.2 Å². The fourth-order valence-corrected chi connectivity index (χ4v) is 2.66. The second kappa shape index (κ2) is 12.5. The van der Waals surface area contributed by atoms with Crippen molar-refractivity contribution in [1.29, 1.82) is 0 Å². The number of hydrogen-bond donors (Lipinski definition) is 2. The van der Waals surface area contributed by atoms with Crippen molar-refractivity contribution in [3.63, 3.8) is 0 Å². The maximum Gasteiger partial charge on any atom is 0.271 e. The SMILES string of the molecule is CCCCCCCCCOc1ccc(/C=N/Nc2nncc(=O)[nH]2)cc1OC. The third-order valence-electron chi connectivity index (χ3n) is 4.15. The summed E-state index contributed by atoms with van der Waals surface area (Å²) >= 11 is 0. The molecule has 152 valence electrons. The van der Waals surface area contributed by atoms with Crippen molar-refractivity contribution in [1.82, 2.24) is 15.2 Å². The van der Waals surface area contributed by atoms with Gasteiger partial charge in [0.15, 0.2) is 11.5 Å². The average molecular weight is 387 g/mol. The van der Waals surface area contributed by atoms with Gasteiger partial charge in [-0.25, -0.2) is 5.43 Å². The van der Waals surface area contributed by atoms with E-state index in [2.05, 4.69) is 32.6 Å². The second-order valence-electron chi connectivity index (χ2n) is 6.43. The molecule has 0 unspecified atom stereocenters. The van der Waals surface area contributed by atoms with E-state index in [-0.39, 0.29) is 11.5 Å². The number of ether oxygens (including phenoxy) is 2. The van der Waals surface area contributed by atoms with Gasteiger partial charge in [-0.1, -0.05) is 45.4 Å². The molecule has 1 aromatic carbocycles. The van der Waals surface area contributed by atoms with Gasteiger partial charge in [0.2, 0.25) is 5.95 Å². The molecule has 2 N–H and O–H groups in total. The first-order valence-corrected chi connectivity index (χ1v) is 9.75. The summed E-state index contributed by atoms with van der Waals surface area (Å²) in [7, 11) is 1.61. The van der Waals surface area contributed by atoms with Gasteiger partial charge in [-0.3, -0.25) is 9.78 Å². The van der Waals surface area contributed by atoms with E-state index in [0.29, 0.717) is 12.4 Å². The standard InChI is InChI=1S/C20H29N5O3/c1-3-4-5-6-7-8-9-12-28-17-11-10-16(13-18(17)27-2)14-21-24-20-23-19(26)15-22-25-20/h10-11,13-15H,3-9,12H2,1-2H3,(H2,23,24,25,26)/b21-14+. The van der Waals surface area contributed by atoms with Crippen LogP contribution in [-0.4, -0.2) is 35.1 Å². The van der Waals surface area contributed by atoms with Crippen molar-refractivity contribution in [2.24, 2.45) is 5.10 Å². The Bertz CT molecular complexity index is 791. The van der Waals surface area contributed by atoms with Crippen LogP contribution in [0.3, 0.4) is 0 Å². The molecule has 8 nitrogen and oxygen atoms in total. The molecule has 0 aliphatic rings. The minimum absolute atomic E-state index is 0.172. The molecule has 0 radical (unpaired) electrons. The van der Waals surface area contributed by atoms with E-state index in [1.54, 1.807) is 13.3 Å². The maximum absolute atomic E-state index is 11.2. The predicted molar refractivity (Wildman–Crippen MR) is 110 cm³/mol. The Balaban J connectivity index is 1.79. The Labute approximate surface area is 165 Å². The van der Waals surface area contributed by atoms with E-state index >= 15 is 0 Å². The fourth-order valence-electron chi connectivity index (χ4n) is 2.66. The van der Waals surface area contributed by atoms with Crippen LogP contribution < -0.4 is 20.5 Å². The van der Waals surface area contributed by atoms with Crippen molar-refractivity contribution < 1.29 is 9.47 Å². The Hall–Kier alpha value is -2.90. The van der Waals surface area contributed by atoms with Gasteiger partial charge in [0, 0.05) is 0 Å². The van der Waals surface area contributed by atoms with Crippen LogP contribution in [0, 0.1) is 0 Å². The summed E-state index contributed by atoms with van der Waals surface area (Å²) < 4.78 is 11.3. The quantitative estimate of drug-likeness (QED) is 0.308. The van der Waals surface area contributed by atoms with E-state index in [0.717, 1.165) is 23.9 Å². The van der Waals surface area contributed by atoms with E-state index in [1.165, 1.54) is 38.5 Å². The predicted octanol–water partition coefficient (Wildman–Crippen LogP) is 3.75. The zero-order valence-electron chi connectivity index (χ0n) is 16.6. The fraction of sp³-hybridized carbons (Fsp3) is 0.500. The number of nitrogens with zero attached hydrogens (tertiary/aromatic N) is 3. The van der Waals surface area contributed by atoms with Crippen LogP contribution in [-0.2, 0) is 0 Å². The first kappa shape index (κ1) is 21.4. The number of nitrogens with one attached hydrogen (secondary N) is 2. The van der Waals surface area contributed by atoms with Crippen molar-refractivity contribution in [2.75, 3.05) is 19.1 Å². The van der Waals surface area contributed by atoms with Gasteiger partial charge < -0.3 is 9.47 Å². The molecule has 2 rings (SSSR count). The normalized spacial score (nSPS) is 10.9. The van der Waals surface area contributed by atoms with Gasteiger partial charge in [0.25, 0.3) is 5.56 Å². The van der Waals surface area contributed by atoms with Crippen LogP contribution in [0.2, 0.25) is 0 Å². The molecule has 0 saturated carbocycles. The molecule has 0 saturated heterocycles. The molecular formula is C20H29N5O3. The number of H-pyrrole nitrogens is 1. The summed E-state index contributed by atoms with van der Waals surface area (Å²) in [4.78, 5) is 13.6. The highest BCUT2D eigenvalue weighted by Gasteiger charge is 2.05. The summed E-state index contributed by atoms with van der Waals surface area (Å²) in [5, 5.41) is 11.3. The van der Waals surface area contributed by atoms with Gasteiger partial charge in [0.05, 0.1) is 19.9 Å². The van der Waals surface area contributed by atoms with E-state index in [4.69, 9.17) is 9.47 Å². The molecule has 1 aromatic heterocycles. The number of hydrazone groups is 1. The maximum atomic E-state index is 11.2. The molecule has 0 fully saturated rings. The Morgan fingerprint density at radius 3 is 2.68 bits per heavy atom. The highest BCUT2D eigenvalue weighted by molar-refractivity contribution is 5.81. The summed E-state index contributed by atoms with van der Waals surface area (Å²) in [5.41, 5.74) is 3.09. The monoisotopic (exact) mass is 387 g/mol. The number of rotatable bonds is 13. The lowest BCUT2D eigenvalue weighted by molar-refractivity contribution is 0.284. The third kappa shape index (κ3) is 7.77. The minimum atomic E-state index is -0.350. The summed E-state index contributed by atoms with van der Waals surface area (Å²) in [6.45, 7) is 2.91. The van der Waals surface area contributed by atoms with Crippen molar-refractivity contribution in [3.05, 3.63) is 40.3 Å². The third-order valence-corrected chi connectivity index (χ3v) is 4.15. The van der Waals surface area contributed by atoms with Crippen molar-refractivity contribution in [2.45, 2.75) is 51.9 Å². The first-order chi connectivity index (χ1) is 13.7. The molecule has 0 aliphatic heterocycles. The Morgan fingerprint density at radius 1 is 1.14 bits per heavy atom. The topological polar surface area (TPSA) is 101 Å². The average Bonchev–Trinajstić information content (AvgIpc) is 2.70. The molecule has 2 aromatic rings. The van der Waals surface area contributed by atoms with Crippen LogP contribution in [0.15, 0.2) is 34.3 Å². The lowest BCUT2D eigenvalue weighted by Gasteiger charge is -2.11.